The highest BCUT2D eigenvalue weighted by atomic mass is 16.5. The Bertz CT molecular complexity index is 369. The molecule has 1 N–H and O–H groups in total. The van der Waals surface area contributed by atoms with Crippen LogP contribution in [0.4, 0.5) is 0 Å². The smallest absolute Gasteiger partial charge is 0.0499 e. The monoisotopic (exact) mass is 276 g/mol. The summed E-state index contributed by atoms with van der Waals surface area (Å²) in [7, 11) is 1.78. The fourth-order valence-corrected chi connectivity index (χ4v) is 2.92. The number of nitrogens with one attached hydrogen (secondary N) is 1. The van der Waals surface area contributed by atoms with E-state index in [9.17, 15) is 0 Å². The molecule has 3 heteroatoms. The number of methoxy groups -OCH3 is 1. The summed E-state index contributed by atoms with van der Waals surface area (Å²) >= 11 is 0. The van der Waals surface area contributed by atoms with Gasteiger partial charge in [-0.1, -0.05) is 37.3 Å². The minimum absolute atomic E-state index is 0.587. The molecule has 20 heavy (non-hydrogen) atoms. The molecule has 0 amide bonds. The number of likely N-dealkylation sites (tertiary alicyclic amines) is 1. The maximum atomic E-state index is 5.19. The van der Waals surface area contributed by atoms with Crippen LogP contribution in [0.5, 0.6) is 0 Å². The normalized spacial score (nSPS) is 21.8. The maximum absolute atomic E-state index is 5.19. The van der Waals surface area contributed by atoms with E-state index in [1.165, 1.54) is 24.9 Å². The molecule has 1 aliphatic heterocycles. The first-order chi connectivity index (χ1) is 9.78. The molecule has 0 aromatic heterocycles. The number of hydrogen-bond donors (Lipinski definition) is 1. The van der Waals surface area contributed by atoms with Gasteiger partial charge in [0.05, 0.1) is 0 Å². The van der Waals surface area contributed by atoms with Crippen molar-refractivity contribution in [3.8, 4) is 0 Å². The number of rotatable bonds is 7. The molecule has 0 aliphatic carbocycles. The molecule has 0 spiro atoms. The van der Waals surface area contributed by atoms with Gasteiger partial charge in [0.25, 0.3) is 0 Å². The zero-order valence-electron chi connectivity index (χ0n) is 12.8. The van der Waals surface area contributed by atoms with Gasteiger partial charge >= 0.3 is 0 Å². The number of piperidine rings is 1. The highest BCUT2D eigenvalue weighted by Gasteiger charge is 2.19. The van der Waals surface area contributed by atoms with E-state index in [1.54, 1.807) is 7.11 Å². The molecule has 0 bridgehead atoms. The summed E-state index contributed by atoms with van der Waals surface area (Å²) in [5, 5.41) is 3.70. The first-order valence-corrected chi connectivity index (χ1v) is 7.76. The highest BCUT2D eigenvalue weighted by molar-refractivity contribution is 5.14. The fourth-order valence-electron chi connectivity index (χ4n) is 2.92. The second kappa shape index (κ2) is 8.40. The van der Waals surface area contributed by atoms with Gasteiger partial charge in [-0.3, -0.25) is 4.90 Å². The van der Waals surface area contributed by atoms with Crippen LogP contribution in [0.2, 0.25) is 0 Å². The van der Waals surface area contributed by atoms with Crippen LogP contribution in [0.1, 0.15) is 25.3 Å². The molecule has 2 atom stereocenters. The summed E-state index contributed by atoms with van der Waals surface area (Å²) in [6, 6.07) is 11.4. The Balaban J connectivity index is 1.74. The SMILES string of the molecule is COCC(C)CNC1CCCN(Cc2ccccc2)C1. The second-order valence-electron chi connectivity index (χ2n) is 6.03. The molecule has 2 unspecified atom stereocenters. The predicted molar refractivity (Wildman–Crippen MR) is 83.8 cm³/mol. The Hall–Kier alpha value is -0.900. The lowest BCUT2D eigenvalue weighted by Crippen LogP contribution is -2.46. The van der Waals surface area contributed by atoms with Crippen molar-refractivity contribution in [2.75, 3.05) is 33.4 Å². The van der Waals surface area contributed by atoms with E-state index in [-0.39, 0.29) is 0 Å². The van der Waals surface area contributed by atoms with E-state index in [4.69, 9.17) is 4.74 Å². The highest BCUT2D eigenvalue weighted by Crippen LogP contribution is 2.14. The molecule has 1 aromatic carbocycles. The lowest BCUT2D eigenvalue weighted by molar-refractivity contribution is 0.146. The summed E-state index contributed by atoms with van der Waals surface area (Å²) in [5.41, 5.74) is 1.42. The van der Waals surface area contributed by atoms with Crippen molar-refractivity contribution in [2.24, 2.45) is 5.92 Å². The topological polar surface area (TPSA) is 24.5 Å². The molecule has 1 aliphatic rings. The Morgan fingerprint density at radius 3 is 2.90 bits per heavy atom. The van der Waals surface area contributed by atoms with Crippen LogP contribution in [-0.4, -0.2) is 44.3 Å². The van der Waals surface area contributed by atoms with Crippen LogP contribution in [0, 0.1) is 5.92 Å². The maximum Gasteiger partial charge on any atom is 0.0499 e. The second-order valence-corrected chi connectivity index (χ2v) is 6.03. The lowest BCUT2D eigenvalue weighted by atomic mass is 10.0. The molecular weight excluding hydrogens is 248 g/mol. The molecule has 112 valence electrons. The first-order valence-electron chi connectivity index (χ1n) is 7.76. The largest absolute Gasteiger partial charge is 0.384 e. The van der Waals surface area contributed by atoms with Gasteiger partial charge in [0, 0.05) is 39.4 Å². The van der Waals surface area contributed by atoms with Crippen LogP contribution in [-0.2, 0) is 11.3 Å². The quantitative estimate of drug-likeness (QED) is 0.828. The fraction of sp³-hybridized carbons (Fsp3) is 0.647. The van der Waals surface area contributed by atoms with Crippen LogP contribution in [0.15, 0.2) is 30.3 Å². The summed E-state index contributed by atoms with van der Waals surface area (Å²) in [5.74, 6) is 0.587. The van der Waals surface area contributed by atoms with Gasteiger partial charge in [0.15, 0.2) is 0 Å². The third-order valence-electron chi connectivity index (χ3n) is 3.96. The molecule has 2 rings (SSSR count). The van der Waals surface area contributed by atoms with Crippen molar-refractivity contribution in [3.05, 3.63) is 35.9 Å². The Kier molecular flexibility index (Phi) is 6.51. The van der Waals surface area contributed by atoms with Crippen molar-refractivity contribution in [1.29, 1.82) is 0 Å². The Morgan fingerprint density at radius 1 is 1.35 bits per heavy atom. The molecule has 1 fully saturated rings. The van der Waals surface area contributed by atoms with Crippen LogP contribution >= 0.6 is 0 Å². The summed E-state index contributed by atoms with van der Waals surface area (Å²) in [6.45, 7) is 7.59. The summed E-state index contributed by atoms with van der Waals surface area (Å²) in [4.78, 5) is 2.57. The molecule has 1 aromatic rings. The van der Waals surface area contributed by atoms with E-state index < -0.39 is 0 Å². The van der Waals surface area contributed by atoms with Gasteiger partial charge in [-0.05, 0) is 30.9 Å². The molecular formula is C17H28N2O. The number of benzene rings is 1. The van der Waals surface area contributed by atoms with Gasteiger partial charge in [0.1, 0.15) is 0 Å². The third kappa shape index (κ3) is 5.23. The van der Waals surface area contributed by atoms with Gasteiger partial charge < -0.3 is 10.1 Å². The summed E-state index contributed by atoms with van der Waals surface area (Å²) in [6.07, 6.45) is 2.59. The Morgan fingerprint density at radius 2 is 2.15 bits per heavy atom. The van der Waals surface area contributed by atoms with Gasteiger partial charge in [-0.15, -0.1) is 0 Å². The number of ether oxygens (including phenoxy) is 1. The van der Waals surface area contributed by atoms with E-state index in [2.05, 4.69) is 47.5 Å². The average molecular weight is 276 g/mol. The zero-order valence-corrected chi connectivity index (χ0v) is 12.8. The van der Waals surface area contributed by atoms with Crippen molar-refractivity contribution in [1.82, 2.24) is 10.2 Å². The molecule has 1 saturated heterocycles. The van der Waals surface area contributed by atoms with Gasteiger partial charge in [-0.25, -0.2) is 0 Å². The van der Waals surface area contributed by atoms with Crippen LogP contribution < -0.4 is 5.32 Å². The predicted octanol–water partition coefficient (Wildman–Crippen LogP) is 2.52. The van der Waals surface area contributed by atoms with E-state index in [0.717, 1.165) is 26.2 Å². The summed E-state index contributed by atoms with van der Waals surface area (Å²) < 4.78 is 5.19. The molecule has 3 nitrogen and oxygen atoms in total. The van der Waals surface area contributed by atoms with Crippen molar-refractivity contribution < 1.29 is 4.74 Å². The molecule has 1 heterocycles. The van der Waals surface area contributed by atoms with Gasteiger partial charge in [0.2, 0.25) is 0 Å². The average Bonchev–Trinajstić information content (AvgIpc) is 2.47. The molecule has 0 radical (unpaired) electrons. The van der Waals surface area contributed by atoms with Crippen molar-refractivity contribution in [3.63, 3.8) is 0 Å². The van der Waals surface area contributed by atoms with Crippen molar-refractivity contribution >= 4 is 0 Å². The number of nitrogens with zero attached hydrogens (tertiary/aromatic N) is 1. The van der Waals surface area contributed by atoms with Crippen LogP contribution in [0.3, 0.4) is 0 Å². The van der Waals surface area contributed by atoms with E-state index in [0.29, 0.717) is 12.0 Å². The lowest BCUT2D eigenvalue weighted by Gasteiger charge is -2.33. The minimum Gasteiger partial charge on any atom is -0.384 e. The Labute approximate surface area is 123 Å². The van der Waals surface area contributed by atoms with E-state index in [1.807, 2.05) is 0 Å². The zero-order chi connectivity index (χ0) is 14.2. The van der Waals surface area contributed by atoms with Crippen LogP contribution in [0.25, 0.3) is 0 Å². The first kappa shape index (κ1) is 15.5. The molecule has 0 saturated carbocycles. The minimum atomic E-state index is 0.587. The number of hydrogen-bond acceptors (Lipinski definition) is 3. The van der Waals surface area contributed by atoms with Gasteiger partial charge in [-0.2, -0.15) is 0 Å². The van der Waals surface area contributed by atoms with E-state index >= 15 is 0 Å². The third-order valence-corrected chi connectivity index (χ3v) is 3.96. The van der Waals surface area contributed by atoms with Crippen molar-refractivity contribution in [2.45, 2.75) is 32.4 Å². The standard InChI is InChI=1S/C17H28N2O/c1-15(14-20-2)11-18-17-9-6-10-19(13-17)12-16-7-4-3-5-8-16/h3-5,7-8,15,17-18H,6,9-14H2,1-2H3.